The second-order valence-corrected chi connectivity index (χ2v) is 22.9. The van der Waals surface area contributed by atoms with E-state index in [1.165, 1.54) is 0 Å². The molecule has 2 N–H and O–H groups in total. The Morgan fingerprint density at radius 1 is 1.00 bits per heavy atom. The van der Waals surface area contributed by atoms with Crippen molar-refractivity contribution in [3.8, 4) is 0 Å². The predicted octanol–water partition coefficient (Wildman–Crippen LogP) is 5.34. The lowest BCUT2D eigenvalue weighted by atomic mass is 9.77. The summed E-state index contributed by atoms with van der Waals surface area (Å²) in [6, 6.07) is 28.1. The van der Waals surface area contributed by atoms with Gasteiger partial charge in [0.1, 0.15) is 11.6 Å². The maximum absolute atomic E-state index is 13.3. The second kappa shape index (κ2) is 16.8. The van der Waals surface area contributed by atoms with E-state index in [4.69, 9.17) is 25.1 Å². The van der Waals surface area contributed by atoms with Gasteiger partial charge >= 0.3 is 16.3 Å². The summed E-state index contributed by atoms with van der Waals surface area (Å²) in [6.07, 6.45) is -2.08. The number of nitrogens with one attached hydrogen (secondary N) is 1. The molecule has 2 aliphatic heterocycles. The highest BCUT2D eigenvalue weighted by atomic mass is 32.2. The minimum absolute atomic E-state index is 0.0166. The Kier molecular flexibility index (Phi) is 12.5. The molecule has 0 aliphatic carbocycles. The molecular formula is C36H42N8O8S2Si. The zero-order valence-electron chi connectivity index (χ0n) is 30.9. The second-order valence-electron chi connectivity index (χ2n) is 14.5. The maximum atomic E-state index is 13.3. The van der Waals surface area contributed by atoms with Crippen molar-refractivity contribution >= 4 is 57.7 Å². The highest BCUT2D eigenvalue weighted by Crippen LogP contribution is 2.41. The highest BCUT2D eigenvalue weighted by Gasteiger charge is 2.54. The first-order valence-corrected chi connectivity index (χ1v) is 23.7. The molecule has 290 valence electrons. The summed E-state index contributed by atoms with van der Waals surface area (Å²) in [5.74, 6) is -2.47. The van der Waals surface area contributed by atoms with Crippen molar-refractivity contribution in [2.24, 2.45) is 19.6 Å². The lowest BCUT2D eigenvalue weighted by molar-refractivity contribution is -0.167. The average Bonchev–Trinajstić information content (AvgIpc) is 3.52. The van der Waals surface area contributed by atoms with Crippen LogP contribution in [-0.4, -0.2) is 84.2 Å². The van der Waals surface area contributed by atoms with Gasteiger partial charge in [-0.1, -0.05) is 116 Å². The molecule has 0 radical (unpaired) electrons. The van der Waals surface area contributed by atoms with Crippen LogP contribution in [0.5, 0.6) is 0 Å². The number of hydrogen-bond donors (Lipinski definition) is 2. The van der Waals surface area contributed by atoms with E-state index >= 15 is 0 Å². The summed E-state index contributed by atoms with van der Waals surface area (Å²) in [7, 11) is -7.80. The predicted molar refractivity (Wildman–Crippen MR) is 211 cm³/mol. The number of azide groups is 1. The molecule has 1 saturated heterocycles. The maximum Gasteiger partial charge on any atom is 0.362 e. The Morgan fingerprint density at radius 2 is 1.53 bits per heavy atom. The van der Waals surface area contributed by atoms with E-state index in [9.17, 15) is 27.4 Å². The van der Waals surface area contributed by atoms with Crippen LogP contribution in [0.2, 0.25) is 25.7 Å². The molecule has 1 unspecified atom stereocenters. The molecule has 2 amide bonds. The van der Waals surface area contributed by atoms with Crippen molar-refractivity contribution in [1.29, 1.82) is 0 Å². The van der Waals surface area contributed by atoms with Crippen LogP contribution in [0.25, 0.3) is 10.4 Å². The van der Waals surface area contributed by atoms with Gasteiger partial charge in [0.15, 0.2) is 16.9 Å². The standard InChI is InChI=1S/C36H42N8O8S2Si/c1-35(2,33(47)51-21-22-55(3,4)5)52-43-53-24-28(23-29(45)39-30-31(41-42-37)44(32(30)46)54(48,49)50)38-34(53)40-36(25-15-9-6-10-16-25,26-17-11-7-12-18-26)27-19-13-8-14-20-27/h6-20,30-31H,21-24H2,1-5H3,(H,39,45)(H,48,49,50)/t30-,31-,53?/m0/s1. The molecule has 55 heavy (non-hydrogen) atoms. The van der Waals surface area contributed by atoms with Crippen LogP contribution in [0, 0.1) is 0 Å². The van der Waals surface area contributed by atoms with Gasteiger partial charge in [-0.15, -0.1) is 4.53 Å². The van der Waals surface area contributed by atoms with Crippen LogP contribution in [0.1, 0.15) is 37.0 Å². The number of carbonyl (C=O) groups excluding carboxylic acids is 3. The van der Waals surface area contributed by atoms with Crippen LogP contribution in [-0.2, 0) is 50.5 Å². The van der Waals surface area contributed by atoms with Gasteiger partial charge in [0.25, 0.3) is 5.91 Å². The number of ether oxygens (including phenoxy) is 1. The van der Waals surface area contributed by atoms with E-state index in [0.717, 1.165) is 22.7 Å². The molecule has 19 heteroatoms. The summed E-state index contributed by atoms with van der Waals surface area (Å²) >= 11 is 0. The Morgan fingerprint density at radius 3 is 2.00 bits per heavy atom. The van der Waals surface area contributed by atoms with Crippen molar-refractivity contribution in [2.75, 3.05) is 12.4 Å². The topological polar surface area (TPSA) is 225 Å². The first-order valence-electron chi connectivity index (χ1n) is 17.2. The summed E-state index contributed by atoms with van der Waals surface area (Å²) in [6.45, 7) is 9.88. The number of aliphatic imine (C=N–C) groups is 2. The van der Waals surface area contributed by atoms with Crippen LogP contribution in [0.15, 0.2) is 111 Å². The molecule has 3 aromatic carbocycles. The molecule has 0 spiro atoms. The van der Waals surface area contributed by atoms with Crippen LogP contribution in [0.4, 0.5) is 0 Å². The van der Waals surface area contributed by atoms with E-state index in [-0.39, 0.29) is 28.3 Å². The van der Waals surface area contributed by atoms with Gasteiger partial charge in [0.05, 0.1) is 18.8 Å². The van der Waals surface area contributed by atoms with Gasteiger partial charge < -0.3 is 10.1 Å². The van der Waals surface area contributed by atoms with Crippen molar-refractivity contribution in [3.63, 3.8) is 0 Å². The Labute approximate surface area is 322 Å². The molecule has 3 atom stereocenters. The quantitative estimate of drug-likeness (QED) is 0.0234. The normalized spacial score (nSPS) is 19.7. The lowest BCUT2D eigenvalue weighted by Crippen LogP contribution is -2.71. The summed E-state index contributed by atoms with van der Waals surface area (Å²) < 4.78 is 42.8. The Bertz CT molecular complexity index is 2080. The van der Waals surface area contributed by atoms with Gasteiger partial charge in [-0.05, 0) is 42.1 Å². The van der Waals surface area contributed by atoms with Crippen molar-refractivity contribution in [3.05, 3.63) is 118 Å². The third kappa shape index (κ3) is 9.62. The molecule has 0 aromatic heterocycles. The molecule has 2 heterocycles. The molecule has 2 aliphatic rings. The van der Waals surface area contributed by atoms with Gasteiger partial charge in [-0.25, -0.2) is 23.9 Å². The van der Waals surface area contributed by atoms with Gasteiger partial charge in [-0.3, -0.25) is 14.1 Å². The van der Waals surface area contributed by atoms with Gasteiger partial charge in [0.2, 0.25) is 5.91 Å². The fraction of sp³-hybridized carbons (Fsp3) is 0.361. The molecule has 0 saturated carbocycles. The number of nitrogens with zero attached hydrogens (tertiary/aromatic N) is 7. The van der Waals surface area contributed by atoms with E-state index in [0.29, 0.717) is 5.71 Å². The fourth-order valence-corrected chi connectivity index (χ4v) is 8.73. The molecular weight excluding hydrogens is 765 g/mol. The minimum Gasteiger partial charge on any atom is -0.464 e. The van der Waals surface area contributed by atoms with Gasteiger partial charge in [0, 0.05) is 29.4 Å². The van der Waals surface area contributed by atoms with Gasteiger partial charge in [-0.2, -0.15) is 8.42 Å². The first kappa shape index (κ1) is 41.1. The van der Waals surface area contributed by atoms with Crippen molar-refractivity contribution in [2.45, 2.75) is 69.3 Å². The number of rotatable bonds is 15. The minimum atomic E-state index is -5.04. The molecule has 16 nitrogen and oxygen atoms in total. The summed E-state index contributed by atoms with van der Waals surface area (Å²) in [5.41, 5.74) is 9.01. The monoisotopic (exact) mass is 806 g/mol. The smallest absolute Gasteiger partial charge is 0.362 e. The number of hydrogen-bond acceptors (Lipinski definition) is 10. The van der Waals surface area contributed by atoms with Crippen LogP contribution >= 0.6 is 0 Å². The largest absolute Gasteiger partial charge is 0.464 e. The summed E-state index contributed by atoms with van der Waals surface area (Å²) in [5, 5.41) is 5.85. The number of amides is 2. The number of β-lactam (4-membered cyclic amide) rings is 1. The third-order valence-electron chi connectivity index (χ3n) is 8.66. The molecule has 0 bridgehead atoms. The van der Waals surface area contributed by atoms with Crippen LogP contribution < -0.4 is 5.32 Å². The van der Waals surface area contributed by atoms with Crippen molar-refractivity contribution in [1.82, 2.24) is 9.62 Å². The third-order valence-corrected chi connectivity index (χ3v) is 12.7. The zero-order chi connectivity index (χ0) is 40.0. The first-order chi connectivity index (χ1) is 26.0. The van der Waals surface area contributed by atoms with E-state index in [2.05, 4.69) is 39.5 Å². The van der Waals surface area contributed by atoms with E-state index in [1.807, 2.05) is 91.0 Å². The SMILES string of the molecule is CC(C)(ON=S1CC(CC(=O)N[C@@H]2C(=O)N(S(=O)(=O)O)[C@@H]2N=[N+]=[N-])=NC1=NC(c1ccccc1)(c1ccccc1)c1ccccc1)C(=O)OCC[Si](C)(C)C. The number of esters is 1. The Balaban J connectivity index is 1.56. The lowest BCUT2D eigenvalue weighted by Gasteiger charge is -2.41. The molecule has 3 aromatic rings. The fourth-order valence-electron chi connectivity index (χ4n) is 5.76. The molecule has 1 fully saturated rings. The van der Waals surface area contributed by atoms with E-state index < -0.39 is 70.2 Å². The van der Waals surface area contributed by atoms with Crippen LogP contribution in [0.3, 0.4) is 0 Å². The average molecular weight is 807 g/mol. The van der Waals surface area contributed by atoms with Crippen molar-refractivity contribution < 1.29 is 36.9 Å². The number of amidine groups is 1. The number of carbonyl (C=O) groups is 3. The zero-order valence-corrected chi connectivity index (χ0v) is 33.5. The summed E-state index contributed by atoms with van der Waals surface area (Å²) in [4.78, 5) is 57.6. The molecule has 5 rings (SSSR count). The van der Waals surface area contributed by atoms with E-state index in [1.54, 1.807) is 13.8 Å². The highest BCUT2D eigenvalue weighted by molar-refractivity contribution is 8.03. The number of benzene rings is 3. The Hall–Kier alpha value is -5.04.